The van der Waals surface area contributed by atoms with Crippen molar-refractivity contribution in [1.82, 2.24) is 10.3 Å². The second-order valence-corrected chi connectivity index (χ2v) is 2.24. The summed E-state index contributed by atoms with van der Waals surface area (Å²) in [5.74, 6) is 0.778. The van der Waals surface area contributed by atoms with E-state index in [2.05, 4.69) is 22.0 Å². The van der Waals surface area contributed by atoms with Crippen LogP contribution in [0.2, 0.25) is 0 Å². The van der Waals surface area contributed by atoms with Gasteiger partial charge in [-0.1, -0.05) is 6.58 Å². The Morgan fingerprint density at radius 1 is 1.64 bits per heavy atom. The minimum absolute atomic E-state index is 0.778. The van der Waals surface area contributed by atoms with Crippen LogP contribution in [0.5, 0.6) is 0 Å². The lowest BCUT2D eigenvalue weighted by Gasteiger charge is -2.04. The Balaban J connectivity index is 2.97. The summed E-state index contributed by atoms with van der Waals surface area (Å²) in [6, 6.07) is 0. The van der Waals surface area contributed by atoms with Crippen LogP contribution >= 0.6 is 0 Å². The quantitative estimate of drug-likeness (QED) is 0.532. The van der Waals surface area contributed by atoms with Crippen LogP contribution in [0.15, 0.2) is 22.4 Å². The average Bonchev–Trinajstić information content (AvgIpc) is 2.28. The zero-order valence-corrected chi connectivity index (χ0v) is 7.05. The first-order valence-electron chi connectivity index (χ1n) is 3.37. The van der Waals surface area contributed by atoms with E-state index >= 15 is 0 Å². The van der Waals surface area contributed by atoms with Gasteiger partial charge in [0.15, 0.2) is 5.84 Å². The third-order valence-corrected chi connectivity index (χ3v) is 1.60. The van der Waals surface area contributed by atoms with Gasteiger partial charge in [0, 0.05) is 21.1 Å². The van der Waals surface area contributed by atoms with Crippen molar-refractivity contribution in [2.75, 3.05) is 21.1 Å². The van der Waals surface area contributed by atoms with Crippen LogP contribution in [0.25, 0.3) is 0 Å². The van der Waals surface area contributed by atoms with Gasteiger partial charge in [0.2, 0.25) is 0 Å². The molecule has 0 radical (unpaired) electrons. The summed E-state index contributed by atoms with van der Waals surface area (Å²) in [4.78, 5) is 4.05. The van der Waals surface area contributed by atoms with E-state index < -0.39 is 0 Å². The number of nitrogens with one attached hydrogen (secondary N) is 1. The molecular weight excluding hydrogens is 140 g/mol. The van der Waals surface area contributed by atoms with Gasteiger partial charge in [-0.15, -0.1) is 0 Å². The van der Waals surface area contributed by atoms with Gasteiger partial charge in [0.25, 0.3) is 0 Å². The maximum atomic E-state index is 4.15. The number of aliphatic imine (C=N–C) groups is 1. The molecule has 1 aliphatic heterocycles. The summed E-state index contributed by atoms with van der Waals surface area (Å²) < 4.78 is 0. The van der Waals surface area contributed by atoms with Gasteiger partial charge < -0.3 is 5.32 Å². The lowest BCUT2D eigenvalue weighted by atomic mass is 10.3. The molecule has 0 unspecified atom stereocenters. The Labute approximate surface area is 66.3 Å². The van der Waals surface area contributed by atoms with Crippen LogP contribution in [0.1, 0.15) is 0 Å². The summed E-state index contributed by atoms with van der Waals surface area (Å²) in [6.07, 6.45) is 0. The molecule has 1 N–H and O–H groups in total. The molecule has 0 aromatic carbocycles. The molecule has 0 atom stereocenters. The predicted molar refractivity (Wildman–Crippen MR) is 46.8 cm³/mol. The fourth-order valence-electron chi connectivity index (χ4n) is 0.951. The SMILES string of the molecule is C=C1/C(=N/C)C(NC)=NN1C. The zero-order chi connectivity index (χ0) is 8.43. The standard InChI is InChI=1S/C7H12N4/c1-5-6(8-2)7(9-3)10-11(5)4/h1H2,2-4H3,(H,9,10)/b8-6-. The van der Waals surface area contributed by atoms with Crippen LogP contribution < -0.4 is 5.32 Å². The Kier molecular flexibility index (Phi) is 1.94. The van der Waals surface area contributed by atoms with Crippen molar-refractivity contribution in [2.45, 2.75) is 0 Å². The van der Waals surface area contributed by atoms with E-state index in [1.54, 1.807) is 12.1 Å². The van der Waals surface area contributed by atoms with Crippen LogP contribution in [0.4, 0.5) is 0 Å². The summed E-state index contributed by atoms with van der Waals surface area (Å²) in [5.41, 5.74) is 1.66. The molecule has 0 amide bonds. The van der Waals surface area contributed by atoms with Gasteiger partial charge in [0.05, 0.1) is 5.70 Å². The van der Waals surface area contributed by atoms with Crippen molar-refractivity contribution in [3.05, 3.63) is 12.3 Å². The van der Waals surface area contributed by atoms with Crippen molar-refractivity contribution in [2.24, 2.45) is 10.1 Å². The number of hydrogen-bond donors (Lipinski definition) is 1. The van der Waals surface area contributed by atoms with Gasteiger partial charge in [-0.2, -0.15) is 5.10 Å². The minimum atomic E-state index is 0.778. The van der Waals surface area contributed by atoms with E-state index in [1.807, 2.05) is 14.1 Å². The van der Waals surface area contributed by atoms with Crippen molar-refractivity contribution >= 4 is 11.5 Å². The number of nitrogens with zero attached hydrogens (tertiary/aromatic N) is 3. The average molecular weight is 152 g/mol. The van der Waals surface area contributed by atoms with Crippen LogP contribution in [-0.2, 0) is 0 Å². The Morgan fingerprint density at radius 2 is 2.27 bits per heavy atom. The monoisotopic (exact) mass is 152 g/mol. The Hall–Kier alpha value is -1.32. The van der Waals surface area contributed by atoms with Gasteiger partial charge in [-0.3, -0.25) is 10.0 Å². The highest BCUT2D eigenvalue weighted by molar-refractivity contribution is 6.48. The van der Waals surface area contributed by atoms with Crippen LogP contribution in [0, 0.1) is 0 Å². The first-order valence-corrected chi connectivity index (χ1v) is 3.37. The highest BCUT2D eigenvalue weighted by Gasteiger charge is 2.21. The topological polar surface area (TPSA) is 40.0 Å². The molecule has 0 saturated heterocycles. The van der Waals surface area contributed by atoms with Gasteiger partial charge in [-0.25, -0.2) is 0 Å². The fraction of sp³-hybridized carbons (Fsp3) is 0.429. The maximum absolute atomic E-state index is 4.15. The largest absolute Gasteiger partial charge is 0.370 e. The van der Waals surface area contributed by atoms with E-state index in [0.29, 0.717) is 0 Å². The van der Waals surface area contributed by atoms with Gasteiger partial charge in [0.1, 0.15) is 5.71 Å². The predicted octanol–water partition coefficient (Wildman–Crippen LogP) is 0.0492. The Bertz CT molecular complexity index is 239. The van der Waals surface area contributed by atoms with E-state index in [9.17, 15) is 0 Å². The number of amidine groups is 1. The molecule has 1 rings (SSSR count). The third kappa shape index (κ3) is 1.11. The van der Waals surface area contributed by atoms with Crippen LogP contribution in [0.3, 0.4) is 0 Å². The van der Waals surface area contributed by atoms with E-state index in [4.69, 9.17) is 0 Å². The first-order chi connectivity index (χ1) is 5.20. The summed E-state index contributed by atoms with van der Waals surface area (Å²) in [7, 11) is 5.39. The molecule has 0 spiro atoms. The van der Waals surface area contributed by atoms with Gasteiger partial charge >= 0.3 is 0 Å². The molecule has 0 fully saturated rings. The summed E-state index contributed by atoms with van der Waals surface area (Å²) in [5, 5.41) is 8.79. The van der Waals surface area contributed by atoms with Crippen molar-refractivity contribution < 1.29 is 0 Å². The second kappa shape index (κ2) is 2.74. The highest BCUT2D eigenvalue weighted by atomic mass is 15.5. The summed E-state index contributed by atoms with van der Waals surface area (Å²) in [6.45, 7) is 3.83. The number of hydrogen-bond acceptors (Lipinski definition) is 4. The summed E-state index contributed by atoms with van der Waals surface area (Å²) >= 11 is 0. The van der Waals surface area contributed by atoms with E-state index in [-0.39, 0.29) is 0 Å². The number of hydrazone groups is 1. The smallest absolute Gasteiger partial charge is 0.173 e. The third-order valence-electron chi connectivity index (χ3n) is 1.60. The Morgan fingerprint density at radius 3 is 2.64 bits per heavy atom. The van der Waals surface area contributed by atoms with Crippen LogP contribution in [-0.4, -0.2) is 37.7 Å². The van der Waals surface area contributed by atoms with Gasteiger partial charge in [-0.05, 0) is 0 Å². The maximum Gasteiger partial charge on any atom is 0.173 e. The molecule has 1 aliphatic rings. The first kappa shape index (κ1) is 7.78. The molecule has 0 bridgehead atoms. The molecule has 4 nitrogen and oxygen atoms in total. The molecule has 0 aromatic rings. The van der Waals surface area contributed by atoms with Crippen molar-refractivity contribution in [3.8, 4) is 0 Å². The fourth-order valence-corrected chi connectivity index (χ4v) is 0.951. The molecule has 0 saturated carbocycles. The molecule has 0 aliphatic carbocycles. The van der Waals surface area contributed by atoms with Crippen molar-refractivity contribution in [3.63, 3.8) is 0 Å². The van der Waals surface area contributed by atoms with E-state index in [1.165, 1.54) is 0 Å². The lowest BCUT2D eigenvalue weighted by Crippen LogP contribution is -2.25. The van der Waals surface area contributed by atoms with E-state index in [0.717, 1.165) is 17.2 Å². The molecule has 4 heteroatoms. The normalized spacial score (nSPS) is 21.0. The molecule has 1 heterocycles. The molecule has 0 aromatic heterocycles. The molecular formula is C7H12N4. The molecule has 11 heavy (non-hydrogen) atoms. The molecule has 60 valence electrons. The highest BCUT2D eigenvalue weighted by Crippen LogP contribution is 2.10. The minimum Gasteiger partial charge on any atom is -0.370 e. The second-order valence-electron chi connectivity index (χ2n) is 2.24. The zero-order valence-electron chi connectivity index (χ0n) is 7.05. The van der Waals surface area contributed by atoms with Crippen molar-refractivity contribution in [1.29, 1.82) is 0 Å². The number of rotatable bonds is 0. The lowest BCUT2D eigenvalue weighted by molar-refractivity contribution is 0.482.